The lowest BCUT2D eigenvalue weighted by molar-refractivity contribution is -0.141. The van der Waals surface area contributed by atoms with E-state index in [1.165, 1.54) is 0 Å². The summed E-state index contributed by atoms with van der Waals surface area (Å²) in [5, 5.41) is 1.74. The minimum absolute atomic E-state index is 0.114. The molecule has 0 unspecified atom stereocenters. The van der Waals surface area contributed by atoms with Crippen LogP contribution in [0.3, 0.4) is 0 Å². The van der Waals surface area contributed by atoms with Crippen molar-refractivity contribution < 1.29 is 17.9 Å². The Bertz CT molecular complexity index is 1350. The van der Waals surface area contributed by atoms with Gasteiger partial charge in [0.1, 0.15) is 6.54 Å². The van der Waals surface area contributed by atoms with Gasteiger partial charge < -0.3 is 4.74 Å². The van der Waals surface area contributed by atoms with Crippen LogP contribution in [-0.4, -0.2) is 27.5 Å². The fourth-order valence-electron chi connectivity index (χ4n) is 3.63. The second-order valence-corrected chi connectivity index (χ2v) is 9.07. The molecule has 0 heterocycles. The normalized spacial score (nSPS) is 11.3. The van der Waals surface area contributed by atoms with E-state index in [0.717, 1.165) is 20.6 Å². The average Bonchev–Trinajstić information content (AvgIpc) is 2.83. The lowest BCUT2D eigenvalue weighted by Gasteiger charge is -2.26. The molecule has 4 aromatic rings. The van der Waals surface area contributed by atoms with Gasteiger partial charge in [-0.15, -0.1) is 0 Å². The van der Waals surface area contributed by atoms with Crippen molar-refractivity contribution in [1.82, 2.24) is 0 Å². The molecule has 6 heteroatoms. The Balaban J connectivity index is 1.87. The number of rotatable bonds is 7. The van der Waals surface area contributed by atoms with E-state index >= 15 is 0 Å². The second kappa shape index (κ2) is 9.24. The molecule has 162 valence electrons. The van der Waals surface area contributed by atoms with E-state index < -0.39 is 22.5 Å². The lowest BCUT2D eigenvalue weighted by Crippen LogP contribution is -2.37. The number of esters is 1. The van der Waals surface area contributed by atoms with E-state index in [-0.39, 0.29) is 11.5 Å². The first-order valence-electron chi connectivity index (χ1n) is 10.3. The fraction of sp³-hybridized carbons (Fsp3) is 0.115. The van der Waals surface area contributed by atoms with Crippen LogP contribution in [0, 0.1) is 0 Å². The molecule has 0 N–H and O–H groups in total. The third kappa shape index (κ3) is 4.36. The third-order valence-electron chi connectivity index (χ3n) is 5.14. The molecular weight excluding hydrogens is 422 g/mol. The number of hydrogen-bond donors (Lipinski definition) is 0. The number of anilines is 1. The first-order valence-corrected chi connectivity index (χ1v) is 11.8. The summed E-state index contributed by atoms with van der Waals surface area (Å²) in [5.74, 6) is -0.611. The molecule has 0 spiro atoms. The third-order valence-corrected chi connectivity index (χ3v) is 6.90. The summed E-state index contributed by atoms with van der Waals surface area (Å²) in [6, 6.07) is 29.2. The molecule has 0 aliphatic rings. The van der Waals surface area contributed by atoms with Crippen LogP contribution in [0.15, 0.2) is 102 Å². The van der Waals surface area contributed by atoms with Gasteiger partial charge in [-0.3, -0.25) is 9.10 Å². The molecule has 0 aliphatic heterocycles. The molecule has 32 heavy (non-hydrogen) atoms. The van der Waals surface area contributed by atoms with Crippen LogP contribution in [-0.2, 0) is 19.6 Å². The molecule has 0 saturated heterocycles. The van der Waals surface area contributed by atoms with E-state index in [2.05, 4.69) is 0 Å². The quantitative estimate of drug-likeness (QED) is 0.364. The van der Waals surface area contributed by atoms with Crippen molar-refractivity contribution in [1.29, 1.82) is 0 Å². The number of para-hydroxylation sites is 1. The summed E-state index contributed by atoms with van der Waals surface area (Å²) in [6.45, 7) is 1.44. The van der Waals surface area contributed by atoms with E-state index in [0.29, 0.717) is 11.3 Å². The fourth-order valence-corrected chi connectivity index (χ4v) is 5.10. The number of benzene rings is 4. The second-order valence-electron chi connectivity index (χ2n) is 7.21. The van der Waals surface area contributed by atoms with Crippen molar-refractivity contribution >= 4 is 32.5 Å². The molecule has 0 fully saturated rings. The number of ether oxygens (including phenoxy) is 1. The Morgan fingerprint density at radius 2 is 1.47 bits per heavy atom. The van der Waals surface area contributed by atoms with Crippen molar-refractivity contribution in [3.8, 4) is 11.1 Å². The van der Waals surface area contributed by atoms with Crippen LogP contribution in [0.1, 0.15) is 6.92 Å². The summed E-state index contributed by atoms with van der Waals surface area (Å²) >= 11 is 0. The number of carbonyl (C=O) groups is 1. The van der Waals surface area contributed by atoms with E-state index in [4.69, 9.17) is 4.74 Å². The highest BCUT2D eigenvalue weighted by atomic mass is 32.2. The smallest absolute Gasteiger partial charge is 0.326 e. The van der Waals surface area contributed by atoms with Gasteiger partial charge in [-0.25, -0.2) is 8.42 Å². The molecule has 0 saturated carbocycles. The van der Waals surface area contributed by atoms with Gasteiger partial charge in [0.25, 0.3) is 10.0 Å². The monoisotopic (exact) mass is 445 g/mol. The summed E-state index contributed by atoms with van der Waals surface area (Å²) in [5.41, 5.74) is 1.98. The van der Waals surface area contributed by atoms with Crippen LogP contribution >= 0.6 is 0 Å². The molecule has 4 rings (SSSR count). The van der Waals surface area contributed by atoms with Gasteiger partial charge in [0.05, 0.1) is 17.2 Å². The average molecular weight is 446 g/mol. The highest BCUT2D eigenvalue weighted by Gasteiger charge is 2.29. The van der Waals surface area contributed by atoms with Gasteiger partial charge in [0.15, 0.2) is 0 Å². The predicted molar refractivity (Wildman–Crippen MR) is 127 cm³/mol. The zero-order chi connectivity index (χ0) is 22.6. The molecule has 0 atom stereocenters. The molecule has 0 aliphatic carbocycles. The SMILES string of the molecule is CCOC(=O)CN(c1ccccc1-c1ccccc1)S(=O)(=O)c1ccc2ccccc2c1. The molecule has 0 amide bonds. The standard InChI is InChI=1S/C26H23NO4S/c1-2-31-26(28)19-27(25-15-9-8-14-24(25)21-11-4-3-5-12-21)32(29,30)23-17-16-20-10-6-7-13-22(20)18-23/h3-18H,2,19H2,1H3. The zero-order valence-corrected chi connectivity index (χ0v) is 18.5. The van der Waals surface area contributed by atoms with Crippen molar-refractivity contribution in [3.63, 3.8) is 0 Å². The number of carbonyl (C=O) groups excluding carboxylic acids is 1. The molecular formula is C26H23NO4S. The first-order chi connectivity index (χ1) is 15.5. The lowest BCUT2D eigenvalue weighted by atomic mass is 10.0. The Morgan fingerprint density at radius 1 is 0.812 bits per heavy atom. The van der Waals surface area contributed by atoms with Gasteiger partial charge in [-0.1, -0.05) is 78.9 Å². The van der Waals surface area contributed by atoms with E-state index in [1.807, 2.05) is 66.7 Å². The predicted octanol–water partition coefficient (Wildman–Crippen LogP) is 5.27. The molecule has 0 bridgehead atoms. The van der Waals surface area contributed by atoms with Crippen molar-refractivity contribution in [3.05, 3.63) is 97.1 Å². The van der Waals surface area contributed by atoms with Crippen LogP contribution in [0.25, 0.3) is 21.9 Å². The summed E-state index contributed by atoms with van der Waals surface area (Å²) < 4.78 is 33.9. The van der Waals surface area contributed by atoms with Crippen molar-refractivity contribution in [2.24, 2.45) is 0 Å². The topological polar surface area (TPSA) is 63.7 Å². The van der Waals surface area contributed by atoms with Crippen molar-refractivity contribution in [2.75, 3.05) is 17.5 Å². The van der Waals surface area contributed by atoms with Gasteiger partial charge in [0, 0.05) is 5.56 Å². The Hall–Kier alpha value is -3.64. The molecule has 5 nitrogen and oxygen atoms in total. The highest BCUT2D eigenvalue weighted by Crippen LogP contribution is 2.34. The highest BCUT2D eigenvalue weighted by molar-refractivity contribution is 7.92. The Morgan fingerprint density at radius 3 is 2.22 bits per heavy atom. The van der Waals surface area contributed by atoms with Crippen molar-refractivity contribution in [2.45, 2.75) is 11.8 Å². The number of hydrogen-bond acceptors (Lipinski definition) is 4. The minimum Gasteiger partial charge on any atom is -0.465 e. The Kier molecular flexibility index (Phi) is 6.23. The summed E-state index contributed by atoms with van der Waals surface area (Å²) in [7, 11) is -4.06. The summed E-state index contributed by atoms with van der Waals surface area (Å²) in [4.78, 5) is 12.6. The number of fused-ring (bicyclic) bond motifs is 1. The van der Waals surface area contributed by atoms with Crippen LogP contribution in [0.2, 0.25) is 0 Å². The van der Waals surface area contributed by atoms with Gasteiger partial charge in [0.2, 0.25) is 0 Å². The maximum atomic E-state index is 13.8. The molecule has 0 radical (unpaired) electrons. The van der Waals surface area contributed by atoms with Gasteiger partial charge in [-0.05, 0) is 41.5 Å². The van der Waals surface area contributed by atoms with E-state index in [1.54, 1.807) is 37.3 Å². The first kappa shape index (κ1) is 21.6. The number of nitrogens with zero attached hydrogens (tertiary/aromatic N) is 1. The minimum atomic E-state index is -4.06. The zero-order valence-electron chi connectivity index (χ0n) is 17.6. The van der Waals surface area contributed by atoms with Crippen LogP contribution in [0.5, 0.6) is 0 Å². The molecule has 4 aromatic carbocycles. The maximum Gasteiger partial charge on any atom is 0.326 e. The maximum absolute atomic E-state index is 13.8. The number of sulfonamides is 1. The largest absolute Gasteiger partial charge is 0.465 e. The van der Waals surface area contributed by atoms with Gasteiger partial charge >= 0.3 is 5.97 Å². The molecule has 0 aromatic heterocycles. The van der Waals surface area contributed by atoms with Crippen LogP contribution < -0.4 is 4.31 Å². The summed E-state index contributed by atoms with van der Waals surface area (Å²) in [6.07, 6.45) is 0. The van der Waals surface area contributed by atoms with E-state index in [9.17, 15) is 13.2 Å². The Labute approximate surface area is 187 Å². The van der Waals surface area contributed by atoms with Gasteiger partial charge in [-0.2, -0.15) is 0 Å². The van der Waals surface area contributed by atoms with Crippen LogP contribution in [0.4, 0.5) is 5.69 Å².